The monoisotopic (exact) mass is 126 g/mol. The predicted molar refractivity (Wildman–Crippen MR) is 39.3 cm³/mol. The summed E-state index contributed by atoms with van der Waals surface area (Å²) in [5.41, 5.74) is 0. The SMILES string of the molecule is CCC=CC(C)C(C)=O. The quantitative estimate of drug-likeness (QED) is 0.530. The minimum absolute atomic E-state index is 0.102. The Morgan fingerprint density at radius 1 is 1.67 bits per heavy atom. The van der Waals surface area contributed by atoms with Crippen molar-refractivity contribution in [3.05, 3.63) is 12.2 Å². The third-order valence-electron chi connectivity index (χ3n) is 1.30. The zero-order chi connectivity index (χ0) is 7.28. The van der Waals surface area contributed by atoms with E-state index in [0.717, 1.165) is 6.42 Å². The number of carbonyl (C=O) groups is 1. The standard InChI is InChI=1S/C8H14O/c1-4-5-6-7(2)8(3)9/h5-7H,4H2,1-3H3. The highest BCUT2D eigenvalue weighted by Gasteiger charge is 1.99. The molecule has 1 atom stereocenters. The van der Waals surface area contributed by atoms with Gasteiger partial charge in [0.05, 0.1) is 0 Å². The van der Waals surface area contributed by atoms with Crippen molar-refractivity contribution in [2.45, 2.75) is 27.2 Å². The molecular weight excluding hydrogens is 112 g/mol. The molecule has 0 amide bonds. The van der Waals surface area contributed by atoms with Crippen molar-refractivity contribution in [1.82, 2.24) is 0 Å². The summed E-state index contributed by atoms with van der Waals surface area (Å²) in [4.78, 5) is 10.6. The molecule has 9 heavy (non-hydrogen) atoms. The zero-order valence-electron chi connectivity index (χ0n) is 6.35. The molecule has 0 fully saturated rings. The van der Waals surface area contributed by atoms with Crippen molar-refractivity contribution in [3.63, 3.8) is 0 Å². The highest BCUT2D eigenvalue weighted by atomic mass is 16.1. The fraction of sp³-hybridized carbons (Fsp3) is 0.625. The van der Waals surface area contributed by atoms with Crippen LogP contribution in [0.4, 0.5) is 0 Å². The Labute approximate surface area is 56.8 Å². The van der Waals surface area contributed by atoms with E-state index in [2.05, 4.69) is 6.92 Å². The number of Topliss-reactive ketones (excluding diaryl/α,β-unsaturated/α-hetero) is 1. The fourth-order valence-electron chi connectivity index (χ4n) is 0.476. The van der Waals surface area contributed by atoms with E-state index in [-0.39, 0.29) is 11.7 Å². The molecule has 0 bridgehead atoms. The second-order valence-corrected chi connectivity index (χ2v) is 2.24. The Bertz CT molecular complexity index is 114. The Morgan fingerprint density at radius 2 is 2.22 bits per heavy atom. The summed E-state index contributed by atoms with van der Waals surface area (Å²) < 4.78 is 0. The molecule has 0 heterocycles. The molecule has 52 valence electrons. The van der Waals surface area contributed by atoms with Gasteiger partial charge >= 0.3 is 0 Å². The Morgan fingerprint density at radius 3 is 2.56 bits per heavy atom. The summed E-state index contributed by atoms with van der Waals surface area (Å²) in [7, 11) is 0. The van der Waals surface area contributed by atoms with Crippen molar-refractivity contribution >= 4 is 5.78 Å². The van der Waals surface area contributed by atoms with E-state index >= 15 is 0 Å². The van der Waals surface area contributed by atoms with E-state index < -0.39 is 0 Å². The summed E-state index contributed by atoms with van der Waals surface area (Å²) in [6.45, 7) is 5.59. The maximum absolute atomic E-state index is 10.6. The molecular formula is C8H14O. The molecule has 0 N–H and O–H groups in total. The maximum atomic E-state index is 10.6. The van der Waals surface area contributed by atoms with Crippen LogP contribution in [0.15, 0.2) is 12.2 Å². The summed E-state index contributed by atoms with van der Waals surface area (Å²) in [5, 5.41) is 0. The minimum atomic E-state index is 0.102. The number of allylic oxidation sites excluding steroid dienone is 2. The summed E-state index contributed by atoms with van der Waals surface area (Å²) in [5.74, 6) is 0.338. The Hall–Kier alpha value is -0.590. The van der Waals surface area contributed by atoms with Crippen molar-refractivity contribution in [1.29, 1.82) is 0 Å². The molecule has 0 radical (unpaired) electrons. The van der Waals surface area contributed by atoms with Crippen molar-refractivity contribution < 1.29 is 4.79 Å². The van der Waals surface area contributed by atoms with Gasteiger partial charge < -0.3 is 0 Å². The summed E-state index contributed by atoms with van der Waals surface area (Å²) in [6.07, 6.45) is 4.98. The molecule has 0 aliphatic carbocycles. The van der Waals surface area contributed by atoms with E-state index in [0.29, 0.717) is 0 Å². The molecule has 0 rings (SSSR count). The first-order chi connectivity index (χ1) is 4.18. The lowest BCUT2D eigenvalue weighted by Gasteiger charge is -1.96. The number of hydrogen-bond donors (Lipinski definition) is 0. The van der Waals surface area contributed by atoms with Gasteiger partial charge in [0.1, 0.15) is 5.78 Å². The molecule has 0 aromatic carbocycles. The van der Waals surface area contributed by atoms with Crippen molar-refractivity contribution in [2.24, 2.45) is 5.92 Å². The highest BCUT2D eigenvalue weighted by molar-refractivity contribution is 5.79. The van der Waals surface area contributed by atoms with Gasteiger partial charge in [0, 0.05) is 5.92 Å². The smallest absolute Gasteiger partial charge is 0.136 e. The molecule has 1 nitrogen and oxygen atoms in total. The summed E-state index contributed by atoms with van der Waals surface area (Å²) >= 11 is 0. The minimum Gasteiger partial charge on any atom is -0.299 e. The second kappa shape index (κ2) is 4.30. The first kappa shape index (κ1) is 8.41. The molecule has 0 aromatic heterocycles. The second-order valence-electron chi connectivity index (χ2n) is 2.24. The normalized spacial score (nSPS) is 14.1. The number of ketones is 1. The lowest BCUT2D eigenvalue weighted by Crippen LogP contribution is -2.01. The van der Waals surface area contributed by atoms with Gasteiger partial charge in [0.2, 0.25) is 0 Å². The molecule has 0 saturated heterocycles. The number of rotatable bonds is 3. The topological polar surface area (TPSA) is 17.1 Å². The van der Waals surface area contributed by atoms with E-state index in [4.69, 9.17) is 0 Å². The average molecular weight is 126 g/mol. The van der Waals surface area contributed by atoms with Gasteiger partial charge in [-0.15, -0.1) is 0 Å². The first-order valence-electron chi connectivity index (χ1n) is 3.35. The Kier molecular flexibility index (Phi) is 4.02. The highest BCUT2D eigenvalue weighted by Crippen LogP contribution is 1.98. The van der Waals surface area contributed by atoms with Crippen LogP contribution in [-0.4, -0.2) is 5.78 Å². The third kappa shape index (κ3) is 3.95. The van der Waals surface area contributed by atoms with Crippen LogP contribution in [0.25, 0.3) is 0 Å². The van der Waals surface area contributed by atoms with Crippen molar-refractivity contribution in [2.75, 3.05) is 0 Å². The number of carbonyl (C=O) groups excluding carboxylic acids is 1. The van der Waals surface area contributed by atoms with Gasteiger partial charge in [-0.05, 0) is 13.3 Å². The predicted octanol–water partition coefficient (Wildman–Crippen LogP) is 2.18. The van der Waals surface area contributed by atoms with Crippen molar-refractivity contribution in [3.8, 4) is 0 Å². The van der Waals surface area contributed by atoms with Crippen LogP contribution in [0, 0.1) is 5.92 Å². The third-order valence-corrected chi connectivity index (χ3v) is 1.30. The van der Waals surface area contributed by atoms with Crippen LogP contribution < -0.4 is 0 Å². The molecule has 1 unspecified atom stereocenters. The van der Waals surface area contributed by atoms with Gasteiger partial charge in [-0.2, -0.15) is 0 Å². The van der Waals surface area contributed by atoms with Crippen LogP contribution in [0.2, 0.25) is 0 Å². The van der Waals surface area contributed by atoms with Crippen LogP contribution in [0.1, 0.15) is 27.2 Å². The largest absolute Gasteiger partial charge is 0.299 e. The van der Waals surface area contributed by atoms with Crippen LogP contribution in [-0.2, 0) is 4.79 Å². The van der Waals surface area contributed by atoms with E-state index in [1.807, 2.05) is 19.1 Å². The first-order valence-corrected chi connectivity index (χ1v) is 3.35. The van der Waals surface area contributed by atoms with E-state index in [1.165, 1.54) is 0 Å². The molecule has 0 spiro atoms. The molecule has 0 saturated carbocycles. The molecule has 0 aliphatic heterocycles. The molecule has 0 aliphatic rings. The molecule has 1 heteroatoms. The fourth-order valence-corrected chi connectivity index (χ4v) is 0.476. The van der Waals surface area contributed by atoms with E-state index in [9.17, 15) is 4.79 Å². The zero-order valence-corrected chi connectivity index (χ0v) is 6.35. The Balaban J connectivity index is 3.62. The van der Waals surface area contributed by atoms with Crippen LogP contribution in [0.3, 0.4) is 0 Å². The van der Waals surface area contributed by atoms with Crippen LogP contribution >= 0.6 is 0 Å². The average Bonchev–Trinajstić information content (AvgIpc) is 1.82. The van der Waals surface area contributed by atoms with Gasteiger partial charge in [0.25, 0.3) is 0 Å². The summed E-state index contributed by atoms with van der Waals surface area (Å²) in [6, 6.07) is 0. The van der Waals surface area contributed by atoms with Gasteiger partial charge in [-0.3, -0.25) is 4.79 Å². The maximum Gasteiger partial charge on any atom is 0.136 e. The van der Waals surface area contributed by atoms with E-state index in [1.54, 1.807) is 6.92 Å². The number of hydrogen-bond acceptors (Lipinski definition) is 1. The van der Waals surface area contributed by atoms with Gasteiger partial charge in [-0.25, -0.2) is 0 Å². The van der Waals surface area contributed by atoms with Gasteiger partial charge in [-0.1, -0.05) is 26.0 Å². The molecule has 0 aromatic rings. The van der Waals surface area contributed by atoms with Gasteiger partial charge in [0.15, 0.2) is 0 Å². The lowest BCUT2D eigenvalue weighted by atomic mass is 10.1. The lowest BCUT2D eigenvalue weighted by molar-refractivity contribution is -0.118. The van der Waals surface area contributed by atoms with Crippen LogP contribution in [0.5, 0.6) is 0 Å².